The topological polar surface area (TPSA) is 75.4 Å². The summed E-state index contributed by atoms with van der Waals surface area (Å²) in [5.41, 5.74) is 5.70. The van der Waals surface area contributed by atoms with E-state index in [2.05, 4.69) is 5.32 Å². The van der Waals surface area contributed by atoms with Gasteiger partial charge in [0.25, 0.3) is 0 Å². The Balaban J connectivity index is 0.00000400. The van der Waals surface area contributed by atoms with Crippen LogP contribution in [-0.4, -0.2) is 42.4 Å². The fourth-order valence-electron chi connectivity index (χ4n) is 2.92. The van der Waals surface area contributed by atoms with E-state index < -0.39 is 0 Å². The van der Waals surface area contributed by atoms with Crippen LogP contribution in [-0.2, 0) is 9.59 Å². The summed E-state index contributed by atoms with van der Waals surface area (Å²) in [6.07, 6.45) is 4.81. The molecule has 0 saturated heterocycles. The molecule has 21 heavy (non-hydrogen) atoms. The summed E-state index contributed by atoms with van der Waals surface area (Å²) < 4.78 is 0. The highest BCUT2D eigenvalue weighted by Gasteiger charge is 2.27. The minimum atomic E-state index is 0. The van der Waals surface area contributed by atoms with Gasteiger partial charge in [0.15, 0.2) is 0 Å². The quantitative estimate of drug-likeness (QED) is 0.715. The van der Waals surface area contributed by atoms with Crippen LogP contribution in [0.25, 0.3) is 0 Å². The van der Waals surface area contributed by atoms with Crippen LogP contribution in [0.3, 0.4) is 0 Å². The van der Waals surface area contributed by atoms with Crippen molar-refractivity contribution >= 4 is 24.2 Å². The monoisotopic (exact) mass is 319 g/mol. The van der Waals surface area contributed by atoms with Gasteiger partial charge in [-0.2, -0.15) is 0 Å². The number of hydrogen-bond donors (Lipinski definition) is 2. The standard InChI is InChI=1S/C15H29N3O2.ClH/c1-3-18(4-2)15(20)10-6-9-14(19)17-13-8-5-7-12(13)11-16;/h12-13H,3-11,16H2,1-2H3,(H,17,19);1H. The SMILES string of the molecule is CCN(CC)C(=O)CCCC(=O)NC1CCCC1CN.Cl. The smallest absolute Gasteiger partial charge is 0.222 e. The number of nitrogens with two attached hydrogens (primary N) is 1. The summed E-state index contributed by atoms with van der Waals surface area (Å²) in [6.45, 7) is 6.07. The van der Waals surface area contributed by atoms with Crippen LogP contribution in [0.4, 0.5) is 0 Å². The van der Waals surface area contributed by atoms with E-state index in [4.69, 9.17) is 5.73 Å². The van der Waals surface area contributed by atoms with Crippen molar-refractivity contribution in [3.05, 3.63) is 0 Å². The van der Waals surface area contributed by atoms with Gasteiger partial charge in [-0.15, -0.1) is 12.4 Å². The summed E-state index contributed by atoms with van der Waals surface area (Å²) in [7, 11) is 0. The average Bonchev–Trinajstić information content (AvgIpc) is 2.87. The number of amides is 2. The molecule has 5 nitrogen and oxygen atoms in total. The van der Waals surface area contributed by atoms with E-state index in [1.165, 1.54) is 0 Å². The number of rotatable bonds is 8. The lowest BCUT2D eigenvalue weighted by atomic mass is 10.0. The minimum absolute atomic E-state index is 0. The summed E-state index contributed by atoms with van der Waals surface area (Å²) in [5, 5.41) is 3.07. The van der Waals surface area contributed by atoms with Crippen molar-refractivity contribution in [2.75, 3.05) is 19.6 Å². The summed E-state index contributed by atoms with van der Waals surface area (Å²) in [5.74, 6) is 0.627. The van der Waals surface area contributed by atoms with E-state index in [-0.39, 0.29) is 30.3 Å². The second-order valence-corrected chi connectivity index (χ2v) is 5.52. The van der Waals surface area contributed by atoms with E-state index in [9.17, 15) is 9.59 Å². The number of nitrogens with zero attached hydrogens (tertiary/aromatic N) is 1. The van der Waals surface area contributed by atoms with Gasteiger partial charge in [-0.3, -0.25) is 9.59 Å². The Labute approximate surface area is 134 Å². The first-order valence-corrected chi connectivity index (χ1v) is 7.89. The Morgan fingerprint density at radius 1 is 1.19 bits per heavy atom. The van der Waals surface area contributed by atoms with Crippen molar-refractivity contribution < 1.29 is 9.59 Å². The van der Waals surface area contributed by atoms with Gasteiger partial charge >= 0.3 is 0 Å². The van der Waals surface area contributed by atoms with Crippen LogP contribution >= 0.6 is 12.4 Å². The van der Waals surface area contributed by atoms with Gasteiger partial charge in [-0.25, -0.2) is 0 Å². The first-order valence-electron chi connectivity index (χ1n) is 7.89. The van der Waals surface area contributed by atoms with Crippen molar-refractivity contribution in [1.82, 2.24) is 10.2 Å². The highest BCUT2D eigenvalue weighted by atomic mass is 35.5. The number of nitrogens with one attached hydrogen (secondary N) is 1. The molecule has 1 saturated carbocycles. The Kier molecular flexibility index (Phi) is 10.4. The molecule has 0 bridgehead atoms. The zero-order chi connectivity index (χ0) is 15.0. The van der Waals surface area contributed by atoms with Gasteiger partial charge in [0.2, 0.25) is 11.8 Å². The maximum Gasteiger partial charge on any atom is 0.222 e. The molecule has 2 amide bonds. The third-order valence-corrected chi connectivity index (χ3v) is 4.22. The van der Waals surface area contributed by atoms with Crippen molar-refractivity contribution in [3.63, 3.8) is 0 Å². The van der Waals surface area contributed by atoms with E-state index in [0.29, 0.717) is 31.7 Å². The summed E-state index contributed by atoms with van der Waals surface area (Å²) >= 11 is 0. The molecule has 0 heterocycles. The summed E-state index contributed by atoms with van der Waals surface area (Å²) in [4.78, 5) is 25.5. The highest BCUT2D eigenvalue weighted by molar-refractivity contribution is 5.85. The van der Waals surface area contributed by atoms with Gasteiger partial charge < -0.3 is 16.0 Å². The molecule has 1 aliphatic carbocycles. The number of halogens is 1. The zero-order valence-electron chi connectivity index (χ0n) is 13.3. The van der Waals surface area contributed by atoms with Crippen LogP contribution in [0.2, 0.25) is 0 Å². The number of carbonyl (C=O) groups excluding carboxylic acids is 2. The Bertz CT molecular complexity index is 322. The molecule has 0 radical (unpaired) electrons. The maximum absolute atomic E-state index is 11.9. The van der Waals surface area contributed by atoms with Crippen LogP contribution < -0.4 is 11.1 Å². The minimum Gasteiger partial charge on any atom is -0.353 e. The van der Waals surface area contributed by atoms with Crippen LogP contribution in [0.15, 0.2) is 0 Å². The predicted octanol–water partition coefficient (Wildman–Crippen LogP) is 1.69. The maximum atomic E-state index is 11.9. The van der Waals surface area contributed by atoms with Crippen molar-refractivity contribution in [2.24, 2.45) is 11.7 Å². The molecule has 0 aliphatic heterocycles. The molecule has 6 heteroatoms. The van der Waals surface area contributed by atoms with Crippen molar-refractivity contribution in [2.45, 2.75) is 58.4 Å². The van der Waals surface area contributed by atoms with Gasteiger partial charge in [0.1, 0.15) is 0 Å². The van der Waals surface area contributed by atoms with Gasteiger partial charge in [-0.05, 0) is 45.6 Å². The molecule has 2 atom stereocenters. The Morgan fingerprint density at radius 2 is 1.86 bits per heavy atom. The first-order chi connectivity index (χ1) is 9.62. The lowest BCUT2D eigenvalue weighted by Crippen LogP contribution is -2.39. The van der Waals surface area contributed by atoms with E-state index in [1.54, 1.807) is 4.90 Å². The van der Waals surface area contributed by atoms with Crippen LogP contribution in [0.5, 0.6) is 0 Å². The highest BCUT2D eigenvalue weighted by Crippen LogP contribution is 2.24. The second-order valence-electron chi connectivity index (χ2n) is 5.52. The molecule has 0 aromatic heterocycles. The summed E-state index contributed by atoms with van der Waals surface area (Å²) in [6, 6.07) is 0.242. The molecule has 1 fully saturated rings. The third-order valence-electron chi connectivity index (χ3n) is 4.22. The molecule has 0 aromatic carbocycles. The largest absolute Gasteiger partial charge is 0.353 e. The molecule has 0 spiro atoms. The predicted molar refractivity (Wildman–Crippen MR) is 87.4 cm³/mol. The molecular formula is C15H30ClN3O2. The van der Waals surface area contributed by atoms with E-state index >= 15 is 0 Å². The van der Waals surface area contributed by atoms with E-state index in [0.717, 1.165) is 32.4 Å². The first kappa shape index (κ1) is 20.2. The van der Waals surface area contributed by atoms with Gasteiger partial charge in [0, 0.05) is 32.0 Å². The average molecular weight is 320 g/mol. The molecule has 0 aromatic rings. The lowest BCUT2D eigenvalue weighted by molar-refractivity contribution is -0.131. The second kappa shape index (κ2) is 10.9. The zero-order valence-corrected chi connectivity index (χ0v) is 14.1. The van der Waals surface area contributed by atoms with Crippen LogP contribution in [0.1, 0.15) is 52.4 Å². The Morgan fingerprint density at radius 3 is 2.43 bits per heavy atom. The molecule has 124 valence electrons. The number of carbonyl (C=O) groups is 2. The molecule has 2 unspecified atom stereocenters. The lowest BCUT2D eigenvalue weighted by Gasteiger charge is -2.20. The normalized spacial score (nSPS) is 20.7. The van der Waals surface area contributed by atoms with Crippen LogP contribution in [0, 0.1) is 5.92 Å². The molecule has 1 rings (SSSR count). The van der Waals surface area contributed by atoms with Crippen molar-refractivity contribution in [1.29, 1.82) is 0 Å². The van der Waals surface area contributed by atoms with Gasteiger partial charge in [0.05, 0.1) is 0 Å². The fraction of sp³-hybridized carbons (Fsp3) is 0.867. The Hall–Kier alpha value is -0.810. The number of hydrogen-bond acceptors (Lipinski definition) is 3. The van der Waals surface area contributed by atoms with E-state index in [1.807, 2.05) is 13.8 Å². The molecule has 3 N–H and O–H groups in total. The fourth-order valence-corrected chi connectivity index (χ4v) is 2.92. The third kappa shape index (κ3) is 6.66. The molecule has 1 aliphatic rings. The van der Waals surface area contributed by atoms with Gasteiger partial charge in [-0.1, -0.05) is 6.42 Å². The molecular weight excluding hydrogens is 290 g/mol. The van der Waals surface area contributed by atoms with Crippen molar-refractivity contribution in [3.8, 4) is 0 Å².